The Labute approximate surface area is 132 Å². The third-order valence-electron chi connectivity index (χ3n) is 3.13. The van der Waals surface area contributed by atoms with Crippen LogP contribution in [-0.4, -0.2) is 26.6 Å². The van der Waals surface area contributed by atoms with Gasteiger partial charge in [-0.25, -0.2) is 8.42 Å². The van der Waals surface area contributed by atoms with Crippen molar-refractivity contribution in [3.63, 3.8) is 0 Å². The molecule has 0 radical (unpaired) electrons. The summed E-state index contributed by atoms with van der Waals surface area (Å²) in [4.78, 5) is 13.6. The number of halogens is 3. The monoisotopic (exact) mass is 355 g/mol. The third-order valence-corrected chi connectivity index (χ3v) is 4.88. The second-order valence-corrected chi connectivity index (χ2v) is 8.50. The molecule has 4 nitrogen and oxygen atoms in total. The van der Waals surface area contributed by atoms with E-state index in [9.17, 15) is 13.2 Å². The molecule has 1 heterocycles. The van der Waals surface area contributed by atoms with E-state index in [1.54, 1.807) is 19.1 Å². The number of aryl methyl sites for hydroxylation is 1. The van der Waals surface area contributed by atoms with Crippen LogP contribution in [-0.2, 0) is 13.8 Å². The maximum atomic E-state index is 12.1. The van der Waals surface area contributed by atoms with Crippen LogP contribution in [0.4, 0.5) is 5.69 Å². The lowest BCUT2D eigenvalue weighted by Crippen LogP contribution is -2.26. The number of rotatable bonds is 3. The van der Waals surface area contributed by atoms with E-state index in [-0.39, 0.29) is 30.5 Å². The predicted molar refractivity (Wildman–Crippen MR) is 81.3 cm³/mol. The van der Waals surface area contributed by atoms with Crippen molar-refractivity contribution in [3.8, 4) is 0 Å². The van der Waals surface area contributed by atoms with Crippen molar-refractivity contribution in [2.45, 2.75) is 13.3 Å². The third kappa shape index (κ3) is 3.58. The molecule has 0 spiro atoms. The van der Waals surface area contributed by atoms with Crippen LogP contribution in [0.25, 0.3) is 0 Å². The van der Waals surface area contributed by atoms with Crippen LogP contribution in [0.5, 0.6) is 0 Å². The predicted octanol–water partition coefficient (Wildman–Crippen LogP) is 3.22. The number of carbonyl (C=O) groups excluding carboxylic acids is 1. The molecule has 0 bridgehead atoms. The molecule has 0 aliphatic carbocycles. The molecule has 1 amide bonds. The van der Waals surface area contributed by atoms with Crippen LogP contribution in [0, 0.1) is 12.8 Å². The number of carbonyl (C=O) groups is 1. The molecule has 0 aromatic heterocycles. The van der Waals surface area contributed by atoms with Crippen LogP contribution < -0.4 is 4.90 Å². The van der Waals surface area contributed by atoms with Crippen molar-refractivity contribution < 1.29 is 13.2 Å². The Morgan fingerprint density at radius 1 is 1.35 bits per heavy atom. The lowest BCUT2D eigenvalue weighted by molar-refractivity contribution is -0.117. The maximum Gasteiger partial charge on any atom is 0.232 e. The minimum atomic E-state index is -3.62. The summed E-state index contributed by atoms with van der Waals surface area (Å²) in [5, 5.41) is 0.862. The van der Waals surface area contributed by atoms with Gasteiger partial charge in [-0.15, -0.1) is 0 Å². The zero-order valence-corrected chi connectivity index (χ0v) is 13.7. The van der Waals surface area contributed by atoms with Gasteiger partial charge < -0.3 is 4.90 Å². The molecule has 1 aromatic carbocycles. The van der Waals surface area contributed by atoms with Gasteiger partial charge in [0, 0.05) is 34.6 Å². The summed E-state index contributed by atoms with van der Waals surface area (Å²) in [5.74, 6) is -0.708. The number of amides is 1. The Balaban J connectivity index is 2.29. The highest BCUT2D eigenvalue weighted by atomic mass is 35.7. The molecule has 1 saturated heterocycles. The van der Waals surface area contributed by atoms with Gasteiger partial charge in [0.25, 0.3) is 0 Å². The highest BCUT2D eigenvalue weighted by Crippen LogP contribution is 2.36. The largest absolute Gasteiger partial charge is 0.310 e. The molecule has 1 aliphatic rings. The molecule has 1 unspecified atom stereocenters. The molecule has 20 heavy (non-hydrogen) atoms. The van der Waals surface area contributed by atoms with Crippen LogP contribution in [0.2, 0.25) is 10.0 Å². The molecule has 1 aromatic rings. The first kappa shape index (κ1) is 15.9. The molecular formula is C12H12Cl3NO3S. The minimum Gasteiger partial charge on any atom is -0.310 e. The summed E-state index contributed by atoms with van der Waals surface area (Å²) in [6.45, 7) is 2.08. The van der Waals surface area contributed by atoms with Gasteiger partial charge >= 0.3 is 0 Å². The Morgan fingerprint density at radius 2 is 2.00 bits per heavy atom. The van der Waals surface area contributed by atoms with E-state index in [0.29, 0.717) is 15.7 Å². The number of benzene rings is 1. The van der Waals surface area contributed by atoms with Gasteiger partial charge in [0.1, 0.15) is 0 Å². The standard InChI is InChI=1S/C12H12Cl3NO3S/c1-7-2-9(13)4-10(14)12(7)16-5-8(3-11(16)17)6-20(15,18)19/h2,4,8H,3,5-6H2,1H3. The molecule has 0 N–H and O–H groups in total. The normalized spacial score (nSPS) is 19.7. The molecule has 1 aliphatic heterocycles. The summed E-state index contributed by atoms with van der Waals surface area (Å²) in [6.07, 6.45) is 0.143. The van der Waals surface area contributed by atoms with Gasteiger partial charge in [0.15, 0.2) is 0 Å². The molecular weight excluding hydrogens is 345 g/mol. The van der Waals surface area contributed by atoms with Gasteiger partial charge in [-0.05, 0) is 24.6 Å². The summed E-state index contributed by atoms with van der Waals surface area (Å²) < 4.78 is 22.2. The van der Waals surface area contributed by atoms with Gasteiger partial charge in [-0.3, -0.25) is 4.79 Å². The van der Waals surface area contributed by atoms with Gasteiger partial charge in [-0.2, -0.15) is 0 Å². The van der Waals surface area contributed by atoms with Gasteiger partial charge in [0.2, 0.25) is 15.0 Å². The first-order valence-corrected chi connectivity index (χ1v) is 9.09. The van der Waals surface area contributed by atoms with E-state index in [4.69, 9.17) is 33.9 Å². The summed E-state index contributed by atoms with van der Waals surface area (Å²) in [5.41, 5.74) is 1.35. The quantitative estimate of drug-likeness (QED) is 0.781. The Kier molecular flexibility index (Phi) is 4.54. The Bertz CT molecular complexity index is 637. The second-order valence-electron chi connectivity index (χ2n) is 4.83. The molecule has 110 valence electrons. The highest BCUT2D eigenvalue weighted by Gasteiger charge is 2.34. The molecule has 0 saturated carbocycles. The van der Waals surface area contributed by atoms with E-state index >= 15 is 0 Å². The van der Waals surface area contributed by atoms with Gasteiger partial charge in [0.05, 0.1) is 16.5 Å². The molecule has 8 heteroatoms. The fraction of sp³-hybridized carbons (Fsp3) is 0.417. The van der Waals surface area contributed by atoms with Crippen LogP contribution in [0.1, 0.15) is 12.0 Å². The van der Waals surface area contributed by atoms with Gasteiger partial charge in [-0.1, -0.05) is 23.2 Å². The SMILES string of the molecule is Cc1cc(Cl)cc(Cl)c1N1CC(CS(=O)(=O)Cl)CC1=O. The lowest BCUT2D eigenvalue weighted by atomic mass is 10.1. The van der Waals surface area contributed by atoms with Crippen molar-refractivity contribution in [2.24, 2.45) is 5.92 Å². The zero-order valence-electron chi connectivity index (χ0n) is 10.6. The second kappa shape index (κ2) is 5.72. The van der Waals surface area contributed by atoms with E-state index in [1.165, 1.54) is 4.90 Å². The topological polar surface area (TPSA) is 54.5 Å². The zero-order chi connectivity index (χ0) is 15.1. The van der Waals surface area contributed by atoms with Crippen molar-refractivity contribution >= 4 is 54.5 Å². The number of hydrogen-bond acceptors (Lipinski definition) is 3. The average Bonchev–Trinajstić information content (AvgIpc) is 2.55. The van der Waals surface area contributed by atoms with Crippen LogP contribution in [0.15, 0.2) is 12.1 Å². The average molecular weight is 357 g/mol. The molecule has 2 rings (SSSR count). The van der Waals surface area contributed by atoms with E-state index < -0.39 is 9.05 Å². The Hall–Kier alpha value is -0.490. The smallest absolute Gasteiger partial charge is 0.232 e. The highest BCUT2D eigenvalue weighted by molar-refractivity contribution is 8.13. The minimum absolute atomic E-state index is 0.143. The van der Waals surface area contributed by atoms with Crippen molar-refractivity contribution in [1.29, 1.82) is 0 Å². The number of nitrogens with zero attached hydrogens (tertiary/aromatic N) is 1. The van der Waals surface area contributed by atoms with E-state index in [1.807, 2.05) is 0 Å². The van der Waals surface area contributed by atoms with E-state index in [0.717, 1.165) is 5.56 Å². The fourth-order valence-electron chi connectivity index (χ4n) is 2.43. The van der Waals surface area contributed by atoms with Crippen molar-refractivity contribution in [2.75, 3.05) is 17.2 Å². The molecule has 1 fully saturated rings. The Morgan fingerprint density at radius 3 is 2.55 bits per heavy atom. The number of hydrogen-bond donors (Lipinski definition) is 0. The summed E-state index contributed by atoms with van der Waals surface area (Å²) >= 11 is 12.0. The fourth-order valence-corrected chi connectivity index (χ4v) is 4.45. The summed E-state index contributed by atoms with van der Waals surface area (Å²) in [6, 6.07) is 3.27. The van der Waals surface area contributed by atoms with Crippen LogP contribution in [0.3, 0.4) is 0 Å². The molecule has 1 atom stereocenters. The summed E-state index contributed by atoms with van der Waals surface area (Å²) in [7, 11) is 1.61. The first-order valence-electron chi connectivity index (χ1n) is 5.85. The van der Waals surface area contributed by atoms with Crippen molar-refractivity contribution in [1.82, 2.24) is 0 Å². The van der Waals surface area contributed by atoms with E-state index in [2.05, 4.69) is 0 Å². The van der Waals surface area contributed by atoms with Crippen molar-refractivity contribution in [3.05, 3.63) is 27.7 Å². The van der Waals surface area contributed by atoms with Crippen LogP contribution >= 0.6 is 33.9 Å². The number of anilines is 1. The maximum absolute atomic E-state index is 12.1. The lowest BCUT2D eigenvalue weighted by Gasteiger charge is -2.20. The first-order chi connectivity index (χ1) is 9.17.